The highest BCUT2D eigenvalue weighted by atomic mass is 35.5. The van der Waals surface area contributed by atoms with Gasteiger partial charge in [-0.25, -0.2) is 13.1 Å². The second-order valence-corrected chi connectivity index (χ2v) is 8.01. The van der Waals surface area contributed by atoms with Crippen molar-refractivity contribution in [3.63, 3.8) is 0 Å². The molecule has 3 rings (SSSR count). The summed E-state index contributed by atoms with van der Waals surface area (Å²) in [5.74, 6) is 0.565. The van der Waals surface area contributed by atoms with Crippen LogP contribution in [0.1, 0.15) is 11.3 Å². The molecule has 0 spiro atoms. The van der Waals surface area contributed by atoms with Crippen LogP contribution < -0.4 is 4.74 Å². The van der Waals surface area contributed by atoms with Crippen molar-refractivity contribution < 1.29 is 13.2 Å². The largest absolute Gasteiger partial charge is 0.489 e. The monoisotopic (exact) mass is 376 g/mol. The molecule has 0 bridgehead atoms. The van der Waals surface area contributed by atoms with Crippen molar-refractivity contribution in [1.29, 1.82) is 0 Å². The summed E-state index contributed by atoms with van der Waals surface area (Å²) in [4.78, 5) is 0.256. The fourth-order valence-electron chi connectivity index (χ4n) is 2.37. The molecule has 0 fully saturated rings. The Balaban J connectivity index is 1.79. The number of halogens is 1. The molecule has 25 heavy (non-hydrogen) atoms. The molecule has 2 aromatic carbocycles. The lowest BCUT2D eigenvalue weighted by Crippen LogP contribution is -1.99. The van der Waals surface area contributed by atoms with E-state index in [1.165, 1.54) is 18.4 Å². The second-order valence-electron chi connectivity index (χ2n) is 5.63. The van der Waals surface area contributed by atoms with Crippen LogP contribution in [0.3, 0.4) is 0 Å². The van der Waals surface area contributed by atoms with Gasteiger partial charge in [0.2, 0.25) is 0 Å². The third kappa shape index (κ3) is 3.86. The Labute approximate surface area is 151 Å². The average molecular weight is 377 g/mol. The molecule has 0 amide bonds. The minimum Gasteiger partial charge on any atom is -0.489 e. The normalized spacial score (nSPS) is 11.5. The number of aryl methyl sites for hydroxylation is 1. The molecule has 130 valence electrons. The van der Waals surface area contributed by atoms with E-state index in [2.05, 4.69) is 5.10 Å². The first-order valence-corrected chi connectivity index (χ1v) is 9.85. The Morgan fingerprint density at radius 3 is 2.32 bits per heavy atom. The first kappa shape index (κ1) is 17.5. The van der Waals surface area contributed by atoms with Crippen LogP contribution in [0.15, 0.2) is 59.5 Å². The Kier molecular flexibility index (Phi) is 4.83. The van der Waals surface area contributed by atoms with Gasteiger partial charge in [-0.2, -0.15) is 5.10 Å². The van der Waals surface area contributed by atoms with E-state index in [0.29, 0.717) is 10.9 Å². The van der Waals surface area contributed by atoms with Gasteiger partial charge in [0.15, 0.2) is 9.84 Å². The standard InChI is InChI=1S/C18H17ClN2O3S/c1-13-17(18(19)21(20-13)14-6-4-3-5-7-14)12-24-15-8-10-16(11-9-15)25(2,22)23/h3-11H,12H2,1-2H3. The maximum atomic E-state index is 11.5. The highest BCUT2D eigenvalue weighted by Gasteiger charge is 2.15. The predicted octanol–water partition coefficient (Wildman–Crippen LogP) is 3.82. The summed E-state index contributed by atoms with van der Waals surface area (Å²) < 4.78 is 30.4. The molecule has 0 aliphatic carbocycles. The predicted molar refractivity (Wildman–Crippen MR) is 97.2 cm³/mol. The topological polar surface area (TPSA) is 61.2 Å². The average Bonchev–Trinajstić information content (AvgIpc) is 2.88. The third-order valence-corrected chi connectivity index (χ3v) is 5.27. The summed E-state index contributed by atoms with van der Waals surface area (Å²) in [6, 6.07) is 15.9. The lowest BCUT2D eigenvalue weighted by molar-refractivity contribution is 0.305. The van der Waals surface area contributed by atoms with Crippen LogP contribution in [0.4, 0.5) is 0 Å². The molecule has 0 unspecified atom stereocenters. The Morgan fingerprint density at radius 1 is 1.08 bits per heavy atom. The van der Waals surface area contributed by atoms with Gasteiger partial charge in [-0.05, 0) is 43.3 Å². The van der Waals surface area contributed by atoms with Crippen LogP contribution in [0, 0.1) is 6.92 Å². The molecule has 5 nitrogen and oxygen atoms in total. The first-order chi connectivity index (χ1) is 11.9. The highest BCUT2D eigenvalue weighted by Crippen LogP contribution is 2.25. The van der Waals surface area contributed by atoms with Gasteiger partial charge in [0.1, 0.15) is 17.5 Å². The van der Waals surface area contributed by atoms with Gasteiger partial charge in [-0.3, -0.25) is 0 Å². The smallest absolute Gasteiger partial charge is 0.175 e. The minimum absolute atomic E-state index is 0.246. The van der Waals surface area contributed by atoms with Gasteiger partial charge >= 0.3 is 0 Å². The SMILES string of the molecule is Cc1nn(-c2ccccc2)c(Cl)c1COc1ccc(S(C)(=O)=O)cc1. The first-order valence-electron chi connectivity index (χ1n) is 7.58. The van der Waals surface area contributed by atoms with E-state index >= 15 is 0 Å². The number of nitrogens with zero attached hydrogens (tertiary/aromatic N) is 2. The number of ether oxygens (including phenoxy) is 1. The summed E-state index contributed by atoms with van der Waals surface area (Å²) in [5.41, 5.74) is 2.44. The third-order valence-electron chi connectivity index (χ3n) is 3.76. The van der Waals surface area contributed by atoms with Gasteiger partial charge < -0.3 is 4.74 Å². The molecular formula is C18H17ClN2O3S. The molecule has 0 radical (unpaired) electrons. The molecule has 3 aromatic rings. The van der Waals surface area contributed by atoms with E-state index in [1.54, 1.807) is 16.8 Å². The molecule has 0 saturated heterocycles. The Morgan fingerprint density at radius 2 is 1.72 bits per heavy atom. The van der Waals surface area contributed by atoms with Crippen molar-refractivity contribution in [2.24, 2.45) is 0 Å². The molecule has 0 atom stereocenters. The van der Waals surface area contributed by atoms with E-state index < -0.39 is 9.84 Å². The van der Waals surface area contributed by atoms with Gasteiger partial charge in [-0.1, -0.05) is 29.8 Å². The lowest BCUT2D eigenvalue weighted by Gasteiger charge is -2.07. The summed E-state index contributed by atoms with van der Waals surface area (Å²) in [7, 11) is -3.22. The molecule has 0 aliphatic heterocycles. The van der Waals surface area contributed by atoms with Crippen LogP contribution in [0.5, 0.6) is 5.75 Å². The molecule has 0 saturated carbocycles. The number of para-hydroxylation sites is 1. The number of benzene rings is 2. The van der Waals surface area contributed by atoms with Crippen molar-refractivity contribution in [1.82, 2.24) is 9.78 Å². The van der Waals surface area contributed by atoms with E-state index in [4.69, 9.17) is 16.3 Å². The van der Waals surface area contributed by atoms with E-state index in [-0.39, 0.29) is 11.5 Å². The number of sulfone groups is 1. The fourth-order valence-corrected chi connectivity index (χ4v) is 3.33. The van der Waals surface area contributed by atoms with Crippen molar-refractivity contribution in [2.75, 3.05) is 6.26 Å². The number of aromatic nitrogens is 2. The zero-order valence-electron chi connectivity index (χ0n) is 13.8. The summed E-state index contributed by atoms with van der Waals surface area (Å²) >= 11 is 6.46. The molecular weight excluding hydrogens is 360 g/mol. The highest BCUT2D eigenvalue weighted by molar-refractivity contribution is 7.90. The molecule has 7 heteroatoms. The van der Waals surface area contributed by atoms with Gasteiger partial charge in [-0.15, -0.1) is 0 Å². The van der Waals surface area contributed by atoms with Crippen LogP contribution in [0.25, 0.3) is 5.69 Å². The van der Waals surface area contributed by atoms with Crippen molar-refractivity contribution in [2.45, 2.75) is 18.4 Å². The van der Waals surface area contributed by atoms with Crippen molar-refractivity contribution in [3.8, 4) is 11.4 Å². The Hall–Kier alpha value is -2.31. The van der Waals surface area contributed by atoms with Crippen LogP contribution in [0.2, 0.25) is 5.15 Å². The zero-order valence-corrected chi connectivity index (χ0v) is 15.4. The number of hydrogen-bond donors (Lipinski definition) is 0. The summed E-state index contributed by atoms with van der Waals surface area (Å²) in [6.07, 6.45) is 1.17. The molecule has 0 aliphatic rings. The van der Waals surface area contributed by atoms with Crippen LogP contribution >= 0.6 is 11.6 Å². The van der Waals surface area contributed by atoms with Gasteiger partial charge in [0.25, 0.3) is 0 Å². The number of rotatable bonds is 5. The van der Waals surface area contributed by atoms with Crippen LogP contribution in [-0.4, -0.2) is 24.5 Å². The molecule has 1 heterocycles. The maximum absolute atomic E-state index is 11.5. The number of hydrogen-bond acceptors (Lipinski definition) is 4. The van der Waals surface area contributed by atoms with Gasteiger partial charge in [0, 0.05) is 11.8 Å². The maximum Gasteiger partial charge on any atom is 0.175 e. The zero-order chi connectivity index (χ0) is 18.0. The summed E-state index contributed by atoms with van der Waals surface area (Å²) in [6.45, 7) is 2.12. The van der Waals surface area contributed by atoms with Crippen molar-refractivity contribution >= 4 is 21.4 Å². The van der Waals surface area contributed by atoms with E-state index in [9.17, 15) is 8.42 Å². The quantitative estimate of drug-likeness (QED) is 0.679. The van der Waals surface area contributed by atoms with Crippen molar-refractivity contribution in [3.05, 3.63) is 71.0 Å². The Bertz CT molecular complexity index is 981. The van der Waals surface area contributed by atoms with E-state index in [0.717, 1.165) is 16.9 Å². The lowest BCUT2D eigenvalue weighted by atomic mass is 10.3. The minimum atomic E-state index is -3.22. The summed E-state index contributed by atoms with van der Waals surface area (Å²) in [5, 5.41) is 4.96. The molecule has 1 aromatic heterocycles. The van der Waals surface area contributed by atoms with E-state index in [1.807, 2.05) is 37.3 Å². The van der Waals surface area contributed by atoms with Crippen LogP contribution in [-0.2, 0) is 16.4 Å². The fraction of sp³-hybridized carbons (Fsp3) is 0.167. The second kappa shape index (κ2) is 6.90. The van der Waals surface area contributed by atoms with Gasteiger partial charge in [0.05, 0.1) is 16.3 Å². The molecule has 0 N–H and O–H groups in total.